The van der Waals surface area contributed by atoms with Crippen molar-refractivity contribution in [2.75, 3.05) is 11.9 Å². The number of anilines is 1. The Kier molecular flexibility index (Phi) is 3.87. The molecule has 1 aromatic carbocycles. The van der Waals surface area contributed by atoms with E-state index in [-0.39, 0.29) is 31.1 Å². The Hall–Kier alpha value is -1.80. The number of hydrogen-bond donors (Lipinski definition) is 3. The van der Waals surface area contributed by atoms with Crippen molar-refractivity contribution in [3.63, 3.8) is 0 Å². The van der Waals surface area contributed by atoms with Crippen molar-refractivity contribution in [2.45, 2.75) is 24.1 Å². The van der Waals surface area contributed by atoms with Gasteiger partial charge in [-0.25, -0.2) is 0 Å². The van der Waals surface area contributed by atoms with Gasteiger partial charge in [0.05, 0.1) is 17.0 Å². The van der Waals surface area contributed by atoms with Crippen molar-refractivity contribution in [3.8, 4) is 0 Å². The molecule has 3 rings (SSSR count). The van der Waals surface area contributed by atoms with Gasteiger partial charge in [0.1, 0.15) is 0 Å². The molecule has 0 unspecified atom stereocenters. The summed E-state index contributed by atoms with van der Waals surface area (Å²) >= 11 is 0. The molecule has 1 saturated heterocycles. The van der Waals surface area contributed by atoms with Gasteiger partial charge in [0, 0.05) is 12.2 Å². The molecular formula is C13H13ClF3N3O2. The molecule has 9 heteroatoms. The standard InChI is InChI=1S/C13H12F3N3O2.ClH/c14-13(15,16)6-1-2-7-8(3-6)19-11(21)12(7)4-9(10(17)20)18-5-12;/h1-3,9,18H,4-5H2,(H2,17,20)(H,19,21);1H/t9-,12-;/m0./s1. The van der Waals surface area contributed by atoms with Gasteiger partial charge in [-0.05, 0) is 24.1 Å². The number of nitrogens with one attached hydrogen (secondary N) is 2. The van der Waals surface area contributed by atoms with Crippen LogP contribution in [0.1, 0.15) is 17.5 Å². The monoisotopic (exact) mass is 335 g/mol. The van der Waals surface area contributed by atoms with E-state index in [1.807, 2.05) is 0 Å². The van der Waals surface area contributed by atoms with E-state index in [1.165, 1.54) is 6.07 Å². The fourth-order valence-corrected chi connectivity index (χ4v) is 2.98. The lowest BCUT2D eigenvalue weighted by Gasteiger charge is -2.20. The van der Waals surface area contributed by atoms with Crippen molar-refractivity contribution in [2.24, 2.45) is 5.73 Å². The maximum atomic E-state index is 12.7. The van der Waals surface area contributed by atoms with E-state index in [2.05, 4.69) is 10.6 Å². The topological polar surface area (TPSA) is 84.2 Å². The average molecular weight is 336 g/mol. The van der Waals surface area contributed by atoms with Crippen LogP contribution in [0.4, 0.5) is 18.9 Å². The Labute approximate surface area is 129 Å². The maximum Gasteiger partial charge on any atom is 0.416 e. The van der Waals surface area contributed by atoms with Crippen LogP contribution >= 0.6 is 12.4 Å². The molecular weight excluding hydrogens is 323 g/mol. The van der Waals surface area contributed by atoms with E-state index in [0.717, 1.165) is 12.1 Å². The number of amides is 2. The second-order valence-corrected chi connectivity index (χ2v) is 5.33. The Balaban J connectivity index is 0.00000176. The first-order valence-corrected chi connectivity index (χ1v) is 6.30. The molecule has 1 aromatic rings. The Bertz CT molecular complexity index is 650. The van der Waals surface area contributed by atoms with Gasteiger partial charge >= 0.3 is 6.18 Å². The molecule has 2 aliphatic rings. The first kappa shape index (κ1) is 16.6. The summed E-state index contributed by atoms with van der Waals surface area (Å²) in [5, 5.41) is 5.32. The summed E-state index contributed by atoms with van der Waals surface area (Å²) in [6.45, 7) is 0.171. The molecule has 0 aliphatic carbocycles. The molecule has 2 atom stereocenters. The predicted octanol–water partition coefficient (Wildman–Crippen LogP) is 1.16. The predicted molar refractivity (Wildman–Crippen MR) is 74.6 cm³/mol. The van der Waals surface area contributed by atoms with E-state index in [1.54, 1.807) is 0 Å². The molecule has 2 heterocycles. The average Bonchev–Trinajstić information content (AvgIpc) is 2.93. The second kappa shape index (κ2) is 5.13. The number of halogens is 4. The largest absolute Gasteiger partial charge is 0.416 e. The fourth-order valence-electron chi connectivity index (χ4n) is 2.98. The van der Waals surface area contributed by atoms with Crippen molar-refractivity contribution >= 4 is 29.9 Å². The molecule has 0 aromatic heterocycles. The first-order chi connectivity index (χ1) is 9.74. The van der Waals surface area contributed by atoms with E-state index < -0.39 is 35.0 Å². The summed E-state index contributed by atoms with van der Waals surface area (Å²) in [4.78, 5) is 23.4. The minimum atomic E-state index is -4.47. The lowest BCUT2D eigenvalue weighted by atomic mass is 9.79. The SMILES string of the molecule is Cl.NC(=O)[C@@H]1C[C@@]2(CN1)C(=O)Nc1cc(C(F)(F)F)ccc12. The van der Waals surface area contributed by atoms with E-state index in [4.69, 9.17) is 5.73 Å². The van der Waals surface area contributed by atoms with Crippen LogP contribution in [0.3, 0.4) is 0 Å². The van der Waals surface area contributed by atoms with Crippen molar-refractivity contribution in [1.29, 1.82) is 0 Å². The van der Waals surface area contributed by atoms with Gasteiger partial charge in [-0.15, -0.1) is 12.4 Å². The molecule has 0 bridgehead atoms. The number of rotatable bonds is 1. The van der Waals surface area contributed by atoms with Crippen LogP contribution in [0.15, 0.2) is 18.2 Å². The van der Waals surface area contributed by atoms with Crippen molar-refractivity contribution < 1.29 is 22.8 Å². The summed E-state index contributed by atoms with van der Waals surface area (Å²) in [5.41, 5.74) is 3.97. The van der Waals surface area contributed by atoms with Gasteiger partial charge in [-0.2, -0.15) is 13.2 Å². The van der Waals surface area contributed by atoms with Crippen LogP contribution in [0.2, 0.25) is 0 Å². The molecule has 1 spiro atoms. The van der Waals surface area contributed by atoms with Crippen LogP contribution in [0.25, 0.3) is 0 Å². The number of fused-ring (bicyclic) bond motifs is 2. The highest BCUT2D eigenvalue weighted by atomic mass is 35.5. The van der Waals surface area contributed by atoms with E-state index in [0.29, 0.717) is 5.56 Å². The second-order valence-electron chi connectivity index (χ2n) is 5.33. The number of carbonyl (C=O) groups is 2. The molecule has 2 amide bonds. The number of hydrogen-bond acceptors (Lipinski definition) is 3. The van der Waals surface area contributed by atoms with Gasteiger partial charge in [0.2, 0.25) is 11.8 Å². The molecule has 1 fully saturated rings. The maximum absolute atomic E-state index is 12.7. The minimum absolute atomic E-state index is 0. The first-order valence-electron chi connectivity index (χ1n) is 6.30. The van der Waals surface area contributed by atoms with Crippen molar-refractivity contribution in [1.82, 2.24) is 5.32 Å². The Morgan fingerprint density at radius 2 is 2.05 bits per heavy atom. The lowest BCUT2D eigenvalue weighted by molar-refractivity contribution is -0.137. The van der Waals surface area contributed by atoms with Gasteiger partial charge in [-0.1, -0.05) is 6.07 Å². The van der Waals surface area contributed by atoms with E-state index >= 15 is 0 Å². The number of alkyl halides is 3. The third-order valence-electron chi connectivity index (χ3n) is 4.09. The highest BCUT2D eigenvalue weighted by molar-refractivity contribution is 6.07. The van der Waals surface area contributed by atoms with Crippen LogP contribution in [0.5, 0.6) is 0 Å². The molecule has 2 aliphatic heterocycles. The fraction of sp³-hybridized carbons (Fsp3) is 0.385. The van der Waals surface area contributed by atoms with Crippen molar-refractivity contribution in [3.05, 3.63) is 29.3 Å². The van der Waals surface area contributed by atoms with Crippen LogP contribution in [-0.4, -0.2) is 24.4 Å². The molecule has 22 heavy (non-hydrogen) atoms. The zero-order valence-electron chi connectivity index (χ0n) is 11.2. The summed E-state index contributed by atoms with van der Waals surface area (Å²) in [5.74, 6) is -0.992. The van der Waals surface area contributed by atoms with Crippen LogP contribution < -0.4 is 16.4 Å². The smallest absolute Gasteiger partial charge is 0.368 e. The molecule has 5 nitrogen and oxygen atoms in total. The normalized spacial score (nSPS) is 26.5. The lowest BCUT2D eigenvalue weighted by Crippen LogP contribution is -2.36. The third-order valence-corrected chi connectivity index (χ3v) is 4.09. The quantitative estimate of drug-likeness (QED) is 0.720. The van der Waals surface area contributed by atoms with Crippen LogP contribution in [-0.2, 0) is 21.2 Å². The van der Waals surface area contributed by atoms with Gasteiger partial charge in [0.25, 0.3) is 0 Å². The van der Waals surface area contributed by atoms with E-state index in [9.17, 15) is 22.8 Å². The Morgan fingerprint density at radius 3 is 2.59 bits per heavy atom. The van der Waals surface area contributed by atoms with Gasteiger partial charge < -0.3 is 16.4 Å². The molecule has 0 radical (unpaired) electrons. The highest BCUT2D eigenvalue weighted by Crippen LogP contribution is 2.45. The number of carbonyl (C=O) groups excluding carboxylic acids is 2. The molecule has 0 saturated carbocycles. The zero-order chi connectivity index (χ0) is 15.4. The van der Waals surface area contributed by atoms with Crippen LogP contribution in [0, 0.1) is 0 Å². The number of primary amides is 1. The number of nitrogens with two attached hydrogens (primary N) is 1. The zero-order valence-corrected chi connectivity index (χ0v) is 12.0. The summed E-state index contributed by atoms with van der Waals surface area (Å²) in [7, 11) is 0. The Morgan fingerprint density at radius 1 is 1.36 bits per heavy atom. The number of benzene rings is 1. The van der Waals surface area contributed by atoms with Gasteiger partial charge in [-0.3, -0.25) is 9.59 Å². The molecule has 4 N–H and O–H groups in total. The highest BCUT2D eigenvalue weighted by Gasteiger charge is 2.53. The minimum Gasteiger partial charge on any atom is -0.368 e. The summed E-state index contributed by atoms with van der Waals surface area (Å²) in [6, 6.07) is 2.49. The third kappa shape index (κ3) is 2.32. The molecule has 120 valence electrons. The van der Waals surface area contributed by atoms with Gasteiger partial charge in [0.15, 0.2) is 0 Å². The summed E-state index contributed by atoms with van der Waals surface area (Å²) in [6.07, 6.45) is -4.33. The summed E-state index contributed by atoms with van der Waals surface area (Å²) < 4.78 is 38.1.